The maximum absolute atomic E-state index is 13.8. The van der Waals surface area contributed by atoms with E-state index in [0.717, 1.165) is 5.56 Å². The Kier molecular flexibility index (Phi) is 4.03. The number of nitrogens with one attached hydrogen (secondary N) is 1. The number of primary amides is 1. The highest BCUT2D eigenvalue weighted by molar-refractivity contribution is 6.06. The smallest absolute Gasteiger partial charge is 0.258 e. The SMILES string of the molecule is Cc1ccc(C(=O)Nc2cccc(C(N)=O)c2C)c(F)c1. The average molecular weight is 286 g/mol. The molecule has 0 saturated heterocycles. The maximum atomic E-state index is 13.8. The summed E-state index contributed by atoms with van der Waals surface area (Å²) in [5.41, 5.74) is 7.23. The van der Waals surface area contributed by atoms with Crippen molar-refractivity contribution in [2.45, 2.75) is 13.8 Å². The van der Waals surface area contributed by atoms with Gasteiger partial charge in [0.25, 0.3) is 5.91 Å². The van der Waals surface area contributed by atoms with Gasteiger partial charge in [-0.2, -0.15) is 0 Å². The van der Waals surface area contributed by atoms with Crippen LogP contribution in [0.15, 0.2) is 36.4 Å². The molecule has 0 radical (unpaired) electrons. The fraction of sp³-hybridized carbons (Fsp3) is 0.125. The van der Waals surface area contributed by atoms with Crippen LogP contribution in [-0.2, 0) is 0 Å². The van der Waals surface area contributed by atoms with Crippen molar-refractivity contribution in [2.24, 2.45) is 5.73 Å². The molecule has 0 aromatic heterocycles. The molecule has 0 unspecified atom stereocenters. The van der Waals surface area contributed by atoms with E-state index in [1.54, 1.807) is 38.1 Å². The summed E-state index contributed by atoms with van der Waals surface area (Å²) in [5, 5.41) is 2.60. The molecular formula is C16H15FN2O2. The first-order chi connectivity index (χ1) is 9.90. The minimum Gasteiger partial charge on any atom is -0.366 e. The van der Waals surface area contributed by atoms with E-state index in [9.17, 15) is 14.0 Å². The first kappa shape index (κ1) is 14.7. The van der Waals surface area contributed by atoms with Crippen molar-refractivity contribution in [1.82, 2.24) is 0 Å². The molecule has 3 N–H and O–H groups in total. The molecule has 2 rings (SSSR count). The van der Waals surface area contributed by atoms with Crippen LogP contribution in [0.5, 0.6) is 0 Å². The van der Waals surface area contributed by atoms with Crippen LogP contribution in [-0.4, -0.2) is 11.8 Å². The Morgan fingerprint density at radius 2 is 1.81 bits per heavy atom. The van der Waals surface area contributed by atoms with Crippen molar-refractivity contribution in [2.75, 3.05) is 5.32 Å². The van der Waals surface area contributed by atoms with Crippen LogP contribution < -0.4 is 11.1 Å². The predicted molar refractivity (Wildman–Crippen MR) is 78.8 cm³/mol. The number of aryl methyl sites for hydroxylation is 1. The maximum Gasteiger partial charge on any atom is 0.258 e. The molecule has 0 aliphatic rings. The van der Waals surface area contributed by atoms with Crippen LogP contribution >= 0.6 is 0 Å². The number of hydrogen-bond donors (Lipinski definition) is 2. The summed E-state index contributed by atoms with van der Waals surface area (Å²) < 4.78 is 13.8. The molecule has 2 aromatic rings. The van der Waals surface area contributed by atoms with Crippen molar-refractivity contribution >= 4 is 17.5 Å². The minimum atomic E-state index is -0.587. The summed E-state index contributed by atoms with van der Waals surface area (Å²) in [6, 6.07) is 9.18. The van der Waals surface area contributed by atoms with Gasteiger partial charge in [-0.05, 0) is 49.2 Å². The third kappa shape index (κ3) is 3.08. The minimum absolute atomic E-state index is 0.0514. The van der Waals surface area contributed by atoms with E-state index in [1.165, 1.54) is 12.1 Å². The van der Waals surface area contributed by atoms with Crippen LogP contribution in [0.2, 0.25) is 0 Å². The van der Waals surface area contributed by atoms with Gasteiger partial charge in [0, 0.05) is 11.3 Å². The number of carbonyl (C=O) groups excluding carboxylic acids is 2. The lowest BCUT2D eigenvalue weighted by Gasteiger charge is -2.11. The number of hydrogen-bond acceptors (Lipinski definition) is 2. The quantitative estimate of drug-likeness (QED) is 0.910. The molecule has 4 nitrogen and oxygen atoms in total. The topological polar surface area (TPSA) is 72.2 Å². The summed E-state index contributed by atoms with van der Waals surface area (Å²) >= 11 is 0. The monoisotopic (exact) mass is 286 g/mol. The van der Waals surface area contributed by atoms with Crippen LogP contribution in [0.4, 0.5) is 10.1 Å². The van der Waals surface area contributed by atoms with E-state index in [1.807, 2.05) is 0 Å². The van der Waals surface area contributed by atoms with Gasteiger partial charge in [0.2, 0.25) is 5.91 Å². The van der Waals surface area contributed by atoms with Gasteiger partial charge in [-0.3, -0.25) is 9.59 Å². The number of halogens is 1. The van der Waals surface area contributed by atoms with Gasteiger partial charge in [0.15, 0.2) is 0 Å². The standard InChI is InChI=1S/C16H15FN2O2/c1-9-6-7-12(13(17)8-9)16(21)19-14-5-3-4-11(10(14)2)15(18)20/h3-8H,1-2H3,(H2,18,20)(H,19,21). The van der Waals surface area contributed by atoms with Crippen molar-refractivity contribution in [3.63, 3.8) is 0 Å². The van der Waals surface area contributed by atoms with Gasteiger partial charge in [-0.25, -0.2) is 4.39 Å². The van der Waals surface area contributed by atoms with E-state index in [0.29, 0.717) is 16.8 Å². The van der Waals surface area contributed by atoms with Crippen LogP contribution in [0, 0.1) is 19.7 Å². The highest BCUT2D eigenvalue weighted by atomic mass is 19.1. The fourth-order valence-electron chi connectivity index (χ4n) is 2.03. The molecule has 0 aliphatic carbocycles. The highest BCUT2D eigenvalue weighted by Gasteiger charge is 2.14. The summed E-state index contributed by atoms with van der Waals surface area (Å²) in [6.07, 6.45) is 0. The average Bonchev–Trinajstić information content (AvgIpc) is 2.40. The molecule has 0 heterocycles. The Hall–Kier alpha value is -2.69. The lowest BCUT2D eigenvalue weighted by atomic mass is 10.1. The summed E-state index contributed by atoms with van der Waals surface area (Å²) in [4.78, 5) is 23.4. The van der Waals surface area contributed by atoms with Crippen molar-refractivity contribution in [3.05, 3.63) is 64.5 Å². The Morgan fingerprint density at radius 3 is 2.43 bits per heavy atom. The van der Waals surface area contributed by atoms with Crippen molar-refractivity contribution < 1.29 is 14.0 Å². The van der Waals surface area contributed by atoms with Gasteiger partial charge in [0.05, 0.1) is 5.56 Å². The molecule has 0 atom stereocenters. The molecule has 2 aromatic carbocycles. The summed E-state index contributed by atoms with van der Waals surface area (Å²) in [5.74, 6) is -1.74. The first-order valence-corrected chi connectivity index (χ1v) is 6.37. The van der Waals surface area contributed by atoms with Gasteiger partial charge in [-0.1, -0.05) is 12.1 Å². The largest absolute Gasteiger partial charge is 0.366 e. The van der Waals surface area contributed by atoms with Gasteiger partial charge in [-0.15, -0.1) is 0 Å². The normalized spacial score (nSPS) is 10.2. The number of carbonyl (C=O) groups is 2. The third-order valence-electron chi connectivity index (χ3n) is 3.22. The zero-order valence-electron chi connectivity index (χ0n) is 11.7. The molecule has 2 amide bonds. The lowest BCUT2D eigenvalue weighted by molar-refractivity contribution is 0.0995. The van der Waals surface area contributed by atoms with Gasteiger partial charge in [0.1, 0.15) is 5.82 Å². The van der Waals surface area contributed by atoms with Crippen LogP contribution in [0.1, 0.15) is 31.8 Å². The zero-order valence-corrected chi connectivity index (χ0v) is 11.7. The number of benzene rings is 2. The van der Waals surface area contributed by atoms with Crippen molar-refractivity contribution in [3.8, 4) is 0 Å². The number of anilines is 1. The molecule has 0 aliphatic heterocycles. The van der Waals surface area contributed by atoms with E-state index >= 15 is 0 Å². The molecule has 0 bridgehead atoms. The van der Waals surface area contributed by atoms with Crippen molar-refractivity contribution in [1.29, 1.82) is 0 Å². The molecule has 0 fully saturated rings. The second-order valence-electron chi connectivity index (χ2n) is 4.78. The highest BCUT2D eigenvalue weighted by Crippen LogP contribution is 2.20. The molecule has 108 valence electrons. The molecular weight excluding hydrogens is 271 g/mol. The number of rotatable bonds is 3. The fourth-order valence-corrected chi connectivity index (χ4v) is 2.03. The van der Waals surface area contributed by atoms with Gasteiger partial charge < -0.3 is 11.1 Å². The van der Waals surface area contributed by atoms with E-state index in [2.05, 4.69) is 5.32 Å². The van der Waals surface area contributed by atoms with E-state index in [4.69, 9.17) is 5.73 Å². The summed E-state index contributed by atoms with van der Waals surface area (Å²) in [6.45, 7) is 3.41. The Labute approximate surface area is 121 Å². The number of amides is 2. The summed E-state index contributed by atoms with van der Waals surface area (Å²) in [7, 11) is 0. The molecule has 0 saturated carbocycles. The number of nitrogens with two attached hydrogens (primary N) is 1. The first-order valence-electron chi connectivity index (χ1n) is 6.37. The van der Waals surface area contributed by atoms with Crippen LogP contribution in [0.25, 0.3) is 0 Å². The second kappa shape index (κ2) is 5.75. The van der Waals surface area contributed by atoms with Gasteiger partial charge >= 0.3 is 0 Å². The van der Waals surface area contributed by atoms with E-state index < -0.39 is 17.6 Å². The Bertz CT molecular complexity index is 726. The molecule has 5 heteroatoms. The Morgan fingerprint density at radius 1 is 1.10 bits per heavy atom. The molecule has 0 spiro atoms. The third-order valence-corrected chi connectivity index (χ3v) is 3.22. The second-order valence-corrected chi connectivity index (χ2v) is 4.78. The molecule has 21 heavy (non-hydrogen) atoms. The Balaban J connectivity index is 2.32. The predicted octanol–water partition coefficient (Wildman–Crippen LogP) is 2.79. The lowest BCUT2D eigenvalue weighted by Crippen LogP contribution is -2.17. The van der Waals surface area contributed by atoms with Crippen LogP contribution in [0.3, 0.4) is 0 Å². The van der Waals surface area contributed by atoms with E-state index in [-0.39, 0.29) is 5.56 Å². The zero-order chi connectivity index (χ0) is 15.6.